The highest BCUT2D eigenvalue weighted by Gasteiger charge is 2.25. The Hall–Kier alpha value is -3.29. The molecule has 3 aromatic rings. The van der Waals surface area contributed by atoms with Gasteiger partial charge in [0.05, 0.1) is 6.04 Å². The first-order valence-corrected chi connectivity index (χ1v) is 7.97. The minimum atomic E-state index is -0.318. The molecule has 1 aliphatic rings. The number of aryl methyl sites for hydroxylation is 2. The number of anilines is 1. The summed E-state index contributed by atoms with van der Waals surface area (Å²) in [5.41, 5.74) is 3.20. The van der Waals surface area contributed by atoms with Crippen LogP contribution in [0.1, 0.15) is 29.5 Å². The molecule has 1 aromatic carbocycles. The predicted molar refractivity (Wildman–Crippen MR) is 89.7 cm³/mol. The van der Waals surface area contributed by atoms with Gasteiger partial charge in [0, 0.05) is 24.9 Å². The summed E-state index contributed by atoms with van der Waals surface area (Å²) in [6.45, 7) is 1.76. The van der Waals surface area contributed by atoms with Crippen LogP contribution in [0.2, 0.25) is 0 Å². The van der Waals surface area contributed by atoms with E-state index in [2.05, 4.69) is 36.8 Å². The number of carbonyl (C=O) groups is 1. The van der Waals surface area contributed by atoms with Crippen LogP contribution < -0.4 is 10.6 Å². The van der Waals surface area contributed by atoms with Gasteiger partial charge in [0.2, 0.25) is 17.7 Å². The summed E-state index contributed by atoms with van der Waals surface area (Å²) >= 11 is 0. The molecular weight excluding hydrogens is 320 g/mol. The molecule has 8 nitrogen and oxygen atoms in total. The van der Waals surface area contributed by atoms with E-state index in [1.807, 2.05) is 12.1 Å². The van der Waals surface area contributed by atoms with Crippen LogP contribution in [0.15, 0.2) is 41.2 Å². The SMILES string of the molecule is Cc1nc(-c2ccc3c(c2)CCC3NC(=O)Nc2ncccn2)no1. The molecule has 2 heterocycles. The molecule has 0 spiro atoms. The fourth-order valence-corrected chi connectivity index (χ4v) is 2.98. The number of benzene rings is 1. The number of nitrogens with one attached hydrogen (secondary N) is 2. The van der Waals surface area contributed by atoms with E-state index in [0.717, 1.165) is 24.0 Å². The normalized spacial score (nSPS) is 15.6. The Morgan fingerprint density at radius 2 is 2.12 bits per heavy atom. The largest absolute Gasteiger partial charge is 0.339 e. The van der Waals surface area contributed by atoms with E-state index in [4.69, 9.17) is 4.52 Å². The molecule has 4 rings (SSSR count). The van der Waals surface area contributed by atoms with Gasteiger partial charge in [0.15, 0.2) is 0 Å². The molecule has 0 saturated heterocycles. The van der Waals surface area contributed by atoms with Gasteiger partial charge >= 0.3 is 6.03 Å². The molecule has 0 radical (unpaired) electrons. The van der Waals surface area contributed by atoms with Gasteiger partial charge in [0.1, 0.15) is 0 Å². The van der Waals surface area contributed by atoms with Crippen molar-refractivity contribution in [1.82, 2.24) is 25.4 Å². The van der Waals surface area contributed by atoms with Crippen molar-refractivity contribution in [3.8, 4) is 11.4 Å². The lowest BCUT2D eigenvalue weighted by Gasteiger charge is -2.14. The third-order valence-corrected chi connectivity index (χ3v) is 4.10. The molecule has 2 N–H and O–H groups in total. The Kier molecular flexibility index (Phi) is 3.85. The third kappa shape index (κ3) is 3.18. The highest BCUT2D eigenvalue weighted by molar-refractivity contribution is 5.87. The van der Waals surface area contributed by atoms with Gasteiger partial charge in [-0.3, -0.25) is 5.32 Å². The summed E-state index contributed by atoms with van der Waals surface area (Å²) < 4.78 is 5.03. The van der Waals surface area contributed by atoms with E-state index in [1.54, 1.807) is 25.4 Å². The lowest BCUT2D eigenvalue weighted by Crippen LogP contribution is -2.32. The van der Waals surface area contributed by atoms with Gasteiger partial charge in [-0.05, 0) is 36.1 Å². The lowest BCUT2D eigenvalue weighted by molar-refractivity contribution is 0.248. The van der Waals surface area contributed by atoms with Crippen LogP contribution >= 0.6 is 0 Å². The van der Waals surface area contributed by atoms with Crippen LogP contribution in [-0.2, 0) is 6.42 Å². The van der Waals surface area contributed by atoms with Gasteiger partial charge in [-0.25, -0.2) is 14.8 Å². The van der Waals surface area contributed by atoms with Gasteiger partial charge in [-0.1, -0.05) is 17.3 Å². The predicted octanol–water partition coefficient (Wildman–Crippen LogP) is 2.64. The fraction of sp³-hybridized carbons (Fsp3) is 0.235. The third-order valence-electron chi connectivity index (χ3n) is 4.10. The average molecular weight is 336 g/mol. The molecular formula is C17H16N6O2. The van der Waals surface area contributed by atoms with E-state index in [9.17, 15) is 4.79 Å². The number of urea groups is 1. The summed E-state index contributed by atoms with van der Waals surface area (Å²) in [6.07, 6.45) is 4.88. The molecule has 8 heteroatoms. The number of fused-ring (bicyclic) bond motifs is 1. The van der Waals surface area contributed by atoms with Crippen molar-refractivity contribution in [2.75, 3.05) is 5.32 Å². The Morgan fingerprint density at radius 1 is 1.28 bits per heavy atom. The number of hydrogen-bond acceptors (Lipinski definition) is 6. The van der Waals surface area contributed by atoms with Crippen molar-refractivity contribution in [3.63, 3.8) is 0 Å². The highest BCUT2D eigenvalue weighted by atomic mass is 16.5. The van der Waals surface area contributed by atoms with Gasteiger partial charge in [0.25, 0.3) is 0 Å². The van der Waals surface area contributed by atoms with Gasteiger partial charge in [-0.15, -0.1) is 0 Å². The Labute approximate surface area is 143 Å². The molecule has 2 aromatic heterocycles. The molecule has 1 unspecified atom stereocenters. The first-order valence-electron chi connectivity index (χ1n) is 7.97. The van der Waals surface area contributed by atoms with Crippen LogP contribution in [0.5, 0.6) is 0 Å². The second-order valence-electron chi connectivity index (χ2n) is 5.81. The average Bonchev–Trinajstić information content (AvgIpc) is 3.22. The van der Waals surface area contributed by atoms with Gasteiger partial charge in [-0.2, -0.15) is 4.98 Å². The zero-order valence-corrected chi connectivity index (χ0v) is 13.6. The summed E-state index contributed by atoms with van der Waals surface area (Å²) in [7, 11) is 0. The maximum atomic E-state index is 12.1. The summed E-state index contributed by atoms with van der Waals surface area (Å²) in [5, 5.41) is 9.55. The fourth-order valence-electron chi connectivity index (χ4n) is 2.98. The molecule has 2 amide bonds. The molecule has 1 aliphatic carbocycles. The molecule has 0 aliphatic heterocycles. The van der Waals surface area contributed by atoms with Crippen LogP contribution in [0.3, 0.4) is 0 Å². The number of nitrogens with zero attached hydrogens (tertiary/aromatic N) is 4. The first-order chi connectivity index (χ1) is 12.2. The topological polar surface area (TPSA) is 106 Å². The van der Waals surface area contributed by atoms with Crippen molar-refractivity contribution in [3.05, 3.63) is 53.7 Å². The van der Waals surface area contributed by atoms with Crippen molar-refractivity contribution < 1.29 is 9.32 Å². The van der Waals surface area contributed by atoms with Crippen molar-refractivity contribution in [2.45, 2.75) is 25.8 Å². The van der Waals surface area contributed by atoms with Crippen molar-refractivity contribution in [2.24, 2.45) is 0 Å². The minimum absolute atomic E-state index is 0.0419. The molecule has 0 fully saturated rings. The van der Waals surface area contributed by atoms with Crippen LogP contribution in [0.4, 0.5) is 10.7 Å². The van der Waals surface area contributed by atoms with E-state index < -0.39 is 0 Å². The quantitative estimate of drug-likeness (QED) is 0.761. The summed E-state index contributed by atoms with van der Waals surface area (Å²) in [5.74, 6) is 1.39. The van der Waals surface area contributed by atoms with E-state index >= 15 is 0 Å². The Balaban J connectivity index is 1.47. The lowest BCUT2D eigenvalue weighted by atomic mass is 10.0. The second-order valence-corrected chi connectivity index (χ2v) is 5.81. The van der Waals surface area contributed by atoms with Crippen LogP contribution in [0.25, 0.3) is 11.4 Å². The summed E-state index contributed by atoms with van der Waals surface area (Å²) in [4.78, 5) is 24.3. The highest BCUT2D eigenvalue weighted by Crippen LogP contribution is 2.33. The molecule has 1 atom stereocenters. The molecule has 25 heavy (non-hydrogen) atoms. The smallest absolute Gasteiger partial charge is 0.322 e. The molecule has 126 valence electrons. The zero-order valence-electron chi connectivity index (χ0n) is 13.6. The monoisotopic (exact) mass is 336 g/mol. The Bertz CT molecular complexity index is 909. The number of aromatic nitrogens is 4. The first kappa shape index (κ1) is 15.3. The number of rotatable bonds is 3. The second kappa shape index (κ2) is 6.31. The van der Waals surface area contributed by atoms with Crippen molar-refractivity contribution in [1.29, 1.82) is 0 Å². The minimum Gasteiger partial charge on any atom is -0.339 e. The maximum absolute atomic E-state index is 12.1. The van der Waals surface area contributed by atoms with E-state index in [1.165, 1.54) is 5.56 Å². The number of amides is 2. The van der Waals surface area contributed by atoms with Crippen molar-refractivity contribution >= 4 is 12.0 Å². The number of hydrogen-bond donors (Lipinski definition) is 2. The maximum Gasteiger partial charge on any atom is 0.322 e. The van der Waals surface area contributed by atoms with Crippen LogP contribution in [0, 0.1) is 6.92 Å². The van der Waals surface area contributed by atoms with Crippen LogP contribution in [-0.4, -0.2) is 26.1 Å². The van der Waals surface area contributed by atoms with Gasteiger partial charge < -0.3 is 9.84 Å². The van der Waals surface area contributed by atoms with E-state index in [0.29, 0.717) is 11.7 Å². The molecule has 0 bridgehead atoms. The Morgan fingerprint density at radius 3 is 2.88 bits per heavy atom. The standard InChI is InChI=1S/C17H16N6O2/c1-10-20-15(23-25-10)12-3-5-13-11(9-12)4-6-14(13)21-17(24)22-16-18-7-2-8-19-16/h2-3,5,7-9,14H,4,6H2,1H3,(H2,18,19,21,22,24). The zero-order chi connectivity index (χ0) is 17.2. The summed E-state index contributed by atoms with van der Waals surface area (Å²) in [6, 6.07) is 7.34. The number of carbonyl (C=O) groups excluding carboxylic acids is 1. The van der Waals surface area contributed by atoms with E-state index in [-0.39, 0.29) is 18.0 Å². The molecule has 0 saturated carbocycles.